The van der Waals surface area contributed by atoms with Gasteiger partial charge in [-0.05, 0) is 128 Å². The molecule has 4 aromatic rings. The number of carbonyl (C=O) groups excluding carboxylic acids is 2. The third kappa shape index (κ3) is 14.2. The second-order valence-corrected chi connectivity index (χ2v) is 24.6. The summed E-state index contributed by atoms with van der Waals surface area (Å²) in [5, 5.41) is 13.1. The molecular formula is C47H63BBr3ClF2N6O8. The molecule has 8 rings (SSSR count). The molecule has 21 heteroatoms. The lowest BCUT2D eigenvalue weighted by molar-refractivity contribution is 0.0490. The van der Waals surface area contributed by atoms with E-state index in [0.29, 0.717) is 65.6 Å². The maximum atomic E-state index is 15.3. The number of ether oxygens (including phenoxy) is 2. The van der Waals surface area contributed by atoms with Crippen LogP contribution in [0.3, 0.4) is 0 Å². The number of carboxylic acid groups (broad SMARTS) is 1. The molecule has 2 aromatic carbocycles. The second-order valence-electron chi connectivity index (χ2n) is 18.2. The van der Waals surface area contributed by atoms with Gasteiger partial charge < -0.3 is 44.6 Å². The number of nitrogens with zero attached hydrogens (tertiary/aromatic N) is 4. The summed E-state index contributed by atoms with van der Waals surface area (Å²) in [7, 11) is 0. The monoisotopic (exact) mass is 1160 g/mol. The maximum absolute atomic E-state index is 15.3. The molecule has 2 aliphatic carbocycles. The van der Waals surface area contributed by atoms with Crippen molar-refractivity contribution in [3.8, 4) is 0 Å². The third-order valence-electron chi connectivity index (χ3n) is 12.1. The van der Waals surface area contributed by atoms with Crippen molar-refractivity contribution in [3.05, 3.63) is 79.9 Å². The number of rotatable bonds is 10. The van der Waals surface area contributed by atoms with Gasteiger partial charge in [-0.15, -0.1) is 59.7 Å². The summed E-state index contributed by atoms with van der Waals surface area (Å²) < 4.78 is 50.1. The molecule has 2 saturated heterocycles. The number of pyridine rings is 2. The van der Waals surface area contributed by atoms with E-state index in [0.717, 1.165) is 45.1 Å². The molecule has 14 nitrogen and oxygen atoms in total. The minimum atomic E-state index is -1.28. The van der Waals surface area contributed by atoms with Crippen LogP contribution >= 0.6 is 59.7 Å². The molecular weight excluding hydrogens is 1100 g/mol. The van der Waals surface area contributed by atoms with E-state index < -0.39 is 46.4 Å². The molecule has 1 amide bonds. The molecule has 4 heterocycles. The zero-order valence-corrected chi connectivity index (χ0v) is 45.0. The van der Waals surface area contributed by atoms with E-state index in [-0.39, 0.29) is 63.4 Å². The van der Waals surface area contributed by atoms with Crippen molar-refractivity contribution in [3.63, 3.8) is 0 Å². The second kappa shape index (κ2) is 24.4. The van der Waals surface area contributed by atoms with Crippen LogP contribution < -0.4 is 32.0 Å². The molecule has 4 fully saturated rings. The predicted molar refractivity (Wildman–Crippen MR) is 280 cm³/mol. The quantitative estimate of drug-likeness (QED) is 0.102. The molecule has 68 heavy (non-hydrogen) atoms. The number of aromatic carboxylic acids is 1. The number of benzene rings is 2. The first-order chi connectivity index (χ1) is 32.0. The van der Waals surface area contributed by atoms with Crippen molar-refractivity contribution in [2.45, 2.75) is 124 Å². The average Bonchev–Trinajstić information content (AvgIpc) is 4.16. The Morgan fingerprint density at radius 1 is 0.838 bits per heavy atom. The molecule has 4 atom stereocenters. The smallest absolute Gasteiger partial charge is 0.407 e. The van der Waals surface area contributed by atoms with Crippen molar-refractivity contribution in [1.82, 2.24) is 14.5 Å². The fraction of sp³-hybridized carbons (Fsp3) is 0.553. The molecule has 374 valence electrons. The maximum Gasteiger partial charge on any atom is 0.407 e. The topological polar surface area (TPSA) is 178 Å². The van der Waals surface area contributed by atoms with Gasteiger partial charge in [-0.3, -0.25) is 9.59 Å². The van der Waals surface area contributed by atoms with Gasteiger partial charge >= 0.3 is 21.2 Å². The van der Waals surface area contributed by atoms with E-state index in [4.69, 9.17) is 16.6 Å². The van der Waals surface area contributed by atoms with Gasteiger partial charge in [0.05, 0.1) is 29.0 Å². The van der Waals surface area contributed by atoms with Crippen LogP contribution in [0.5, 0.6) is 0 Å². The molecule has 4 aliphatic rings. The number of alkyl carbamates (subject to hydrolysis) is 1. The molecule has 4 N–H and O–H groups in total. The minimum Gasteiger partial charge on any atom is -0.477 e. The van der Waals surface area contributed by atoms with Crippen LogP contribution in [-0.4, -0.2) is 85.9 Å². The van der Waals surface area contributed by atoms with Crippen molar-refractivity contribution in [1.29, 1.82) is 0 Å². The van der Waals surface area contributed by atoms with E-state index in [2.05, 4.69) is 52.6 Å². The number of amides is 1. The number of carboxylic acids is 1. The number of hydrogen-bond donors (Lipinski definition) is 3. The zero-order valence-electron chi connectivity index (χ0n) is 40.5. The van der Waals surface area contributed by atoms with Gasteiger partial charge in [0.15, 0.2) is 0 Å². The normalized spacial score (nSPS) is 18.6. The summed E-state index contributed by atoms with van der Waals surface area (Å²) in [6.07, 6.45) is 4.57. The van der Waals surface area contributed by atoms with Gasteiger partial charge in [-0.25, -0.2) is 23.2 Å². The Morgan fingerprint density at radius 2 is 1.26 bits per heavy atom. The largest absolute Gasteiger partial charge is 0.477 e. The summed E-state index contributed by atoms with van der Waals surface area (Å²) in [6, 6.07) is 8.76. The Bertz CT molecular complexity index is 2600. The Hall–Kier alpha value is -3.72. The van der Waals surface area contributed by atoms with E-state index in [1.165, 1.54) is 28.8 Å². The number of fused-ring (bicyclic) bond motifs is 2. The molecule has 2 saturated carbocycles. The van der Waals surface area contributed by atoms with Crippen molar-refractivity contribution in [2.24, 2.45) is 17.6 Å². The summed E-state index contributed by atoms with van der Waals surface area (Å²) in [5.41, 5.74) is 6.20. The Balaban J connectivity index is 0.000000269. The average molecular weight is 1170 g/mol. The fourth-order valence-electron chi connectivity index (χ4n) is 8.54. The summed E-state index contributed by atoms with van der Waals surface area (Å²) in [4.78, 5) is 65.6. The van der Waals surface area contributed by atoms with Gasteiger partial charge in [-0.1, -0.05) is 13.8 Å². The van der Waals surface area contributed by atoms with Crippen molar-refractivity contribution < 1.29 is 39.1 Å². The fourth-order valence-corrected chi connectivity index (χ4v) is 8.54. The minimum absolute atomic E-state index is 0. The van der Waals surface area contributed by atoms with Crippen LogP contribution in [0.4, 0.5) is 25.0 Å². The number of nitrogens with one attached hydrogen (secondary N) is 1. The zero-order chi connectivity index (χ0) is 50.4. The lowest BCUT2D eigenvalue weighted by atomic mass is 10.0. The summed E-state index contributed by atoms with van der Waals surface area (Å²) in [5.74, 6) is -2.36. The first-order valence-corrected chi connectivity index (χ1v) is 25.4. The predicted octanol–water partition coefficient (Wildman–Crippen LogP) is 10.3. The summed E-state index contributed by atoms with van der Waals surface area (Å²) in [6.45, 7) is 16.0. The SMILES string of the molecule is BrB(Br)Br.CCOC(=O)c1cc2cc(F)c(N3CC[C@@H]([C@H](C)NC(=O)OC(C)(C)C)C3)cc2n(C2CC2)c1=O.C[C@H](N)[C@@H]1CCN(c2cc3c(cc2F)cc(C(=O)O)c(=O)n3C2CC2)C1.Cl.[2H]CC. The third-order valence-corrected chi connectivity index (χ3v) is 12.1. The number of halogens is 6. The Labute approximate surface area is 428 Å². The van der Waals surface area contributed by atoms with E-state index in [1.54, 1.807) is 30.5 Å². The number of aromatic nitrogens is 2. The van der Waals surface area contributed by atoms with E-state index in [9.17, 15) is 33.5 Å². The van der Waals surface area contributed by atoms with Crippen LogP contribution in [0.1, 0.15) is 128 Å². The van der Waals surface area contributed by atoms with Crippen molar-refractivity contribution in [2.75, 3.05) is 42.6 Å². The number of nitrogens with two attached hydrogens (primary N) is 1. The molecule has 2 aromatic heterocycles. The highest BCUT2D eigenvalue weighted by Gasteiger charge is 2.34. The standard InChI is InChI=1S/C26H34FN3O5.C19H22FN3O3.C2H6.BBr3.ClH/c1-6-34-24(32)19-11-17-12-20(27)22(13-21(17)30(23(19)31)18-7-8-18)29-10-9-16(14-29)15(2)28-25(33)35-26(3,4)5;1-10(21)11-4-5-22(9-11)17-8-16-12(7-15(17)20)6-14(19(25)26)18(24)23(16)13-2-3-13;1-2;2-1(3)4;/h11-13,15-16,18H,6-10,14H2,1-5H3,(H,28,33);6-8,10-11,13H,2-5,9,21H2,1H3,(H,25,26);1-2H3;;1H/t15-,16+;10-,11+;;;/m00.../s1/i;;1D;;. The number of carbonyl (C=O) groups is 3. The van der Waals surface area contributed by atoms with Crippen molar-refractivity contribution >= 4 is 114 Å². The highest BCUT2D eigenvalue weighted by molar-refractivity contribution is 9.69. The lowest BCUT2D eigenvalue weighted by Gasteiger charge is -2.25. The van der Waals surface area contributed by atoms with Gasteiger partial charge in [0.25, 0.3) is 11.1 Å². The number of esters is 1. The highest BCUT2D eigenvalue weighted by atomic mass is 79.9. The Morgan fingerprint density at radius 3 is 1.66 bits per heavy atom. The first-order valence-electron chi connectivity index (χ1n) is 23.3. The molecule has 0 radical (unpaired) electrons. The van der Waals surface area contributed by atoms with Gasteiger partial charge in [-0.2, -0.15) is 0 Å². The Kier molecular flexibility index (Phi) is 19.8. The van der Waals surface area contributed by atoms with Crippen LogP contribution in [0.2, 0.25) is 0 Å². The number of hydrogen-bond acceptors (Lipinski definition) is 10. The van der Waals surface area contributed by atoms with Gasteiger partial charge in [0.2, 0.25) is 0 Å². The van der Waals surface area contributed by atoms with E-state index >= 15 is 4.39 Å². The van der Waals surface area contributed by atoms with Crippen LogP contribution in [-0.2, 0) is 9.47 Å². The first kappa shape index (κ1) is 55.2. The molecule has 2 aliphatic heterocycles. The molecule has 0 unspecified atom stereocenters. The van der Waals surface area contributed by atoms with E-state index in [1.807, 2.05) is 44.4 Å². The van der Waals surface area contributed by atoms with Crippen LogP contribution in [0.25, 0.3) is 21.8 Å². The number of anilines is 2. The molecule has 0 spiro atoms. The van der Waals surface area contributed by atoms with Crippen LogP contribution in [0, 0.1) is 23.5 Å². The van der Waals surface area contributed by atoms with Gasteiger partial charge in [0.1, 0.15) is 28.4 Å². The lowest BCUT2D eigenvalue weighted by Crippen LogP contribution is -2.42. The van der Waals surface area contributed by atoms with Crippen LogP contribution in [0.15, 0.2) is 46.0 Å². The highest BCUT2D eigenvalue weighted by Crippen LogP contribution is 2.40. The van der Waals surface area contributed by atoms with Gasteiger partial charge in [0, 0.05) is 62.5 Å². The summed E-state index contributed by atoms with van der Waals surface area (Å²) >= 11 is 9.31. The molecule has 0 bridgehead atoms.